The van der Waals surface area contributed by atoms with Gasteiger partial charge in [-0.1, -0.05) is 19.8 Å². The zero-order chi connectivity index (χ0) is 14.8. The average molecular weight is 340 g/mol. The van der Waals surface area contributed by atoms with Crippen LogP contribution in [-0.4, -0.2) is 18.3 Å². The van der Waals surface area contributed by atoms with Gasteiger partial charge in [-0.05, 0) is 46.8 Å². The van der Waals surface area contributed by atoms with Crippen LogP contribution in [-0.2, 0) is 16.8 Å². The average Bonchev–Trinajstić information content (AvgIpc) is 2.89. The number of ether oxygens (including phenoxy) is 1. The van der Waals surface area contributed by atoms with Crippen LogP contribution in [0.4, 0.5) is 0 Å². The van der Waals surface area contributed by atoms with Crippen molar-refractivity contribution in [1.29, 1.82) is 0 Å². The van der Waals surface area contributed by atoms with Crippen LogP contribution in [0, 0.1) is 0 Å². The number of aryl methyl sites for hydroxylation is 1. The van der Waals surface area contributed by atoms with E-state index in [1.54, 1.807) is 6.08 Å². The van der Waals surface area contributed by atoms with E-state index >= 15 is 0 Å². The second-order valence-electron chi connectivity index (χ2n) is 5.07. The molecule has 1 aliphatic rings. The number of carbonyl (C=O) groups excluding carboxylic acids is 1. The van der Waals surface area contributed by atoms with Crippen LogP contribution in [0.2, 0.25) is 0 Å². The second kappa shape index (κ2) is 5.98. The van der Waals surface area contributed by atoms with Gasteiger partial charge in [0.2, 0.25) is 6.08 Å². The third kappa shape index (κ3) is 2.36. The van der Waals surface area contributed by atoms with Gasteiger partial charge in [-0.25, -0.2) is 4.79 Å². The molecule has 5 heteroatoms. The zero-order valence-electron chi connectivity index (χ0n) is 11.7. The van der Waals surface area contributed by atoms with Gasteiger partial charge in [0, 0.05) is 10.0 Å². The summed E-state index contributed by atoms with van der Waals surface area (Å²) >= 11 is 3.57. The molecule has 0 atom stereocenters. The molecule has 0 spiro atoms. The Kier molecular flexibility index (Phi) is 4.51. The van der Waals surface area contributed by atoms with Crippen molar-refractivity contribution < 1.29 is 14.6 Å². The van der Waals surface area contributed by atoms with E-state index in [0.717, 1.165) is 42.1 Å². The van der Waals surface area contributed by atoms with E-state index < -0.39 is 5.54 Å². The van der Waals surface area contributed by atoms with Crippen LogP contribution in [0.15, 0.2) is 15.5 Å². The van der Waals surface area contributed by atoms with Gasteiger partial charge in [0.15, 0.2) is 11.5 Å². The molecule has 1 N–H and O–H groups in total. The van der Waals surface area contributed by atoms with Gasteiger partial charge in [-0.2, -0.15) is 4.99 Å². The summed E-state index contributed by atoms with van der Waals surface area (Å²) in [6.07, 6.45) is 5.92. The fourth-order valence-corrected chi connectivity index (χ4v) is 3.93. The summed E-state index contributed by atoms with van der Waals surface area (Å²) in [5.41, 5.74) is 1.01. The Morgan fingerprint density at radius 1 is 1.50 bits per heavy atom. The molecule has 0 aliphatic heterocycles. The second-order valence-corrected chi connectivity index (χ2v) is 5.86. The maximum atomic E-state index is 10.9. The highest BCUT2D eigenvalue weighted by Gasteiger charge is 2.41. The molecule has 0 saturated heterocycles. The van der Waals surface area contributed by atoms with Crippen molar-refractivity contribution >= 4 is 22.0 Å². The van der Waals surface area contributed by atoms with Gasteiger partial charge in [-0.15, -0.1) is 0 Å². The maximum absolute atomic E-state index is 10.9. The quantitative estimate of drug-likeness (QED) is 0.669. The number of isocyanates is 1. The van der Waals surface area contributed by atoms with E-state index in [1.165, 1.54) is 7.11 Å². The van der Waals surface area contributed by atoms with Gasteiger partial charge < -0.3 is 9.84 Å². The largest absolute Gasteiger partial charge is 0.504 e. The molecular weight excluding hydrogens is 322 g/mol. The van der Waals surface area contributed by atoms with Gasteiger partial charge in [0.1, 0.15) is 5.54 Å². The number of benzene rings is 1. The van der Waals surface area contributed by atoms with E-state index in [2.05, 4.69) is 20.9 Å². The van der Waals surface area contributed by atoms with E-state index in [9.17, 15) is 9.90 Å². The lowest BCUT2D eigenvalue weighted by molar-refractivity contribution is 0.354. The van der Waals surface area contributed by atoms with Crippen LogP contribution < -0.4 is 4.74 Å². The summed E-state index contributed by atoms with van der Waals surface area (Å²) in [6, 6.07) is 1.82. The molecule has 1 aromatic carbocycles. The van der Waals surface area contributed by atoms with Crippen molar-refractivity contribution in [3.8, 4) is 11.5 Å². The molecule has 108 valence electrons. The number of rotatable bonds is 4. The minimum Gasteiger partial charge on any atom is -0.504 e. The summed E-state index contributed by atoms with van der Waals surface area (Å²) in [7, 11) is 1.52. The predicted molar refractivity (Wildman–Crippen MR) is 80.0 cm³/mol. The molecule has 0 unspecified atom stereocenters. The summed E-state index contributed by atoms with van der Waals surface area (Å²) in [6.45, 7) is 2.03. The first-order valence-electron chi connectivity index (χ1n) is 6.77. The van der Waals surface area contributed by atoms with Gasteiger partial charge in [0.25, 0.3) is 0 Å². The zero-order valence-corrected chi connectivity index (χ0v) is 13.3. The van der Waals surface area contributed by atoms with E-state index in [1.807, 2.05) is 13.0 Å². The minimum atomic E-state index is -0.677. The molecule has 1 aliphatic carbocycles. The molecule has 1 saturated carbocycles. The topological polar surface area (TPSA) is 58.9 Å². The molecule has 0 heterocycles. The normalized spacial score (nSPS) is 16.8. The highest BCUT2D eigenvalue weighted by molar-refractivity contribution is 9.10. The van der Waals surface area contributed by atoms with Crippen molar-refractivity contribution in [2.75, 3.05) is 7.11 Å². The van der Waals surface area contributed by atoms with Gasteiger partial charge >= 0.3 is 0 Å². The smallest absolute Gasteiger partial charge is 0.235 e. The number of halogens is 1. The first-order chi connectivity index (χ1) is 9.59. The summed E-state index contributed by atoms with van der Waals surface area (Å²) in [5.74, 6) is 0.491. The van der Waals surface area contributed by atoms with E-state index in [4.69, 9.17) is 4.74 Å². The van der Waals surface area contributed by atoms with Crippen LogP contribution in [0.3, 0.4) is 0 Å². The van der Waals surface area contributed by atoms with Crippen LogP contribution in [0.1, 0.15) is 43.7 Å². The monoisotopic (exact) mass is 339 g/mol. The van der Waals surface area contributed by atoms with Crippen LogP contribution in [0.25, 0.3) is 0 Å². The molecule has 0 bridgehead atoms. The third-order valence-corrected chi connectivity index (χ3v) is 4.94. The lowest BCUT2D eigenvalue weighted by Gasteiger charge is -2.27. The summed E-state index contributed by atoms with van der Waals surface area (Å²) in [4.78, 5) is 14.9. The number of hydrogen-bond donors (Lipinski definition) is 1. The molecule has 0 amide bonds. The summed E-state index contributed by atoms with van der Waals surface area (Å²) in [5, 5.41) is 10.5. The number of aliphatic imine (C=N–C) groups is 1. The van der Waals surface area contributed by atoms with Crippen molar-refractivity contribution in [2.24, 2.45) is 4.99 Å². The van der Waals surface area contributed by atoms with Crippen LogP contribution >= 0.6 is 15.9 Å². The first kappa shape index (κ1) is 15.1. The highest BCUT2D eigenvalue weighted by Crippen LogP contribution is 2.51. The Labute approximate surface area is 127 Å². The standard InChI is InChI=1S/C15H18BrNO3/c1-3-10-8-11(20-2)14(19)12(13(10)16)15(17-9-18)6-4-5-7-15/h8,19H,3-7H2,1-2H3. The van der Waals surface area contributed by atoms with E-state index in [-0.39, 0.29) is 5.75 Å². The lowest BCUT2D eigenvalue weighted by Crippen LogP contribution is -2.20. The number of nitrogens with zero attached hydrogens (tertiary/aromatic N) is 1. The molecule has 2 rings (SSSR count). The molecule has 1 aromatic rings. The Bertz CT molecular complexity index is 530. The Morgan fingerprint density at radius 3 is 2.65 bits per heavy atom. The number of hydrogen-bond acceptors (Lipinski definition) is 4. The number of methoxy groups -OCH3 is 1. The number of phenols is 1. The lowest BCUT2D eigenvalue weighted by atomic mass is 9.86. The van der Waals surface area contributed by atoms with Crippen LogP contribution in [0.5, 0.6) is 11.5 Å². The minimum absolute atomic E-state index is 0.0671. The molecule has 20 heavy (non-hydrogen) atoms. The fourth-order valence-electron chi connectivity index (χ4n) is 2.98. The Hall–Kier alpha value is -1.32. The molecule has 0 aromatic heterocycles. The first-order valence-corrected chi connectivity index (χ1v) is 7.56. The molecule has 0 radical (unpaired) electrons. The molecule has 4 nitrogen and oxygen atoms in total. The van der Waals surface area contributed by atoms with Crippen molar-refractivity contribution in [2.45, 2.75) is 44.6 Å². The SMILES string of the molecule is CCc1cc(OC)c(O)c(C2(N=C=O)CCCC2)c1Br. The fraction of sp³-hybridized carbons (Fsp3) is 0.533. The van der Waals surface area contributed by atoms with E-state index in [0.29, 0.717) is 11.3 Å². The van der Waals surface area contributed by atoms with Crippen molar-refractivity contribution in [3.63, 3.8) is 0 Å². The Morgan fingerprint density at radius 2 is 2.15 bits per heavy atom. The number of phenolic OH excluding ortho intramolecular Hbond substituents is 1. The Balaban J connectivity index is 2.73. The third-order valence-electron chi connectivity index (χ3n) is 4.03. The van der Waals surface area contributed by atoms with Crippen molar-refractivity contribution in [1.82, 2.24) is 0 Å². The predicted octanol–water partition coefficient (Wildman–Crippen LogP) is 3.83. The van der Waals surface area contributed by atoms with Gasteiger partial charge in [0.05, 0.1) is 7.11 Å². The van der Waals surface area contributed by atoms with Gasteiger partial charge in [-0.3, -0.25) is 0 Å². The molecule has 1 fully saturated rings. The summed E-state index contributed by atoms with van der Waals surface area (Å²) < 4.78 is 6.07. The highest BCUT2D eigenvalue weighted by atomic mass is 79.9. The number of aromatic hydroxyl groups is 1. The molecular formula is C15H18BrNO3. The van der Waals surface area contributed by atoms with Crippen molar-refractivity contribution in [3.05, 3.63) is 21.7 Å². The maximum Gasteiger partial charge on any atom is 0.235 e.